The maximum atomic E-state index is 15.6. The lowest BCUT2D eigenvalue weighted by atomic mass is 10.0. The van der Waals surface area contributed by atoms with Crippen molar-refractivity contribution in [3.63, 3.8) is 0 Å². The van der Waals surface area contributed by atoms with Gasteiger partial charge in [-0.1, -0.05) is 18.1 Å². The lowest BCUT2D eigenvalue weighted by molar-refractivity contribution is -0.0589. The second kappa shape index (κ2) is 13.1. The molecule has 0 aliphatic carbocycles. The zero-order valence-corrected chi connectivity index (χ0v) is 25.7. The molecule has 48 heavy (non-hydrogen) atoms. The Morgan fingerprint density at radius 2 is 1.94 bits per heavy atom. The molecule has 1 aliphatic heterocycles. The molecule has 1 saturated heterocycles. The van der Waals surface area contributed by atoms with Gasteiger partial charge < -0.3 is 19.1 Å². The molecule has 6 aromatic rings. The Kier molecular flexibility index (Phi) is 8.35. The van der Waals surface area contributed by atoms with E-state index in [4.69, 9.17) is 9.47 Å². The van der Waals surface area contributed by atoms with Gasteiger partial charge in [-0.3, -0.25) is 4.68 Å². The number of nitrogens with zero attached hydrogens (tertiary/aromatic N) is 6. The fourth-order valence-electron chi connectivity index (χ4n) is 5.37. The molecular weight excluding hydrogens is 618 g/mol. The Hall–Kier alpha value is -5.93. The van der Waals surface area contributed by atoms with Crippen LogP contribution >= 0.6 is 0 Å². The van der Waals surface area contributed by atoms with E-state index < -0.39 is 17.6 Å². The van der Waals surface area contributed by atoms with Gasteiger partial charge in [-0.2, -0.15) is 5.10 Å². The number of pyridine rings is 2. The van der Waals surface area contributed by atoms with E-state index in [1.807, 2.05) is 23.9 Å². The Labute approximate surface area is 273 Å². The molecule has 0 radical (unpaired) electrons. The predicted octanol–water partition coefficient (Wildman–Crippen LogP) is 5.56. The number of aromatic carboxylic acids is 1. The van der Waals surface area contributed by atoms with Crippen molar-refractivity contribution in [2.45, 2.75) is 32.1 Å². The third kappa shape index (κ3) is 6.63. The molecule has 0 amide bonds. The summed E-state index contributed by atoms with van der Waals surface area (Å²) in [6, 6.07) is 15.4. The van der Waals surface area contributed by atoms with Gasteiger partial charge in [-0.25, -0.2) is 28.5 Å². The molecule has 0 spiro atoms. The van der Waals surface area contributed by atoms with E-state index >= 15 is 8.78 Å². The van der Waals surface area contributed by atoms with Gasteiger partial charge in [0, 0.05) is 49.7 Å². The summed E-state index contributed by atoms with van der Waals surface area (Å²) in [4.78, 5) is 25.0. The zero-order chi connectivity index (χ0) is 33.2. The molecule has 7 rings (SSSR count). The lowest BCUT2D eigenvalue weighted by Crippen LogP contribution is -2.31. The van der Waals surface area contributed by atoms with Crippen molar-refractivity contribution in [2.24, 2.45) is 7.05 Å². The van der Waals surface area contributed by atoms with Crippen LogP contribution in [0.15, 0.2) is 79.3 Å². The van der Waals surface area contributed by atoms with E-state index in [9.17, 15) is 9.90 Å². The van der Waals surface area contributed by atoms with Crippen LogP contribution in [0, 0.1) is 23.5 Å². The second-order valence-corrected chi connectivity index (χ2v) is 11.4. The van der Waals surface area contributed by atoms with Crippen molar-refractivity contribution in [3.8, 4) is 29.0 Å². The minimum atomic E-state index is -1.06. The predicted molar refractivity (Wildman–Crippen MR) is 171 cm³/mol. The van der Waals surface area contributed by atoms with Crippen molar-refractivity contribution >= 4 is 17.0 Å². The third-order valence-electron chi connectivity index (χ3n) is 7.99. The number of rotatable bonds is 9. The maximum Gasteiger partial charge on any atom is 0.335 e. The fraction of sp³-hybridized carbons (Fsp3) is 0.194. The van der Waals surface area contributed by atoms with E-state index in [2.05, 4.69) is 31.9 Å². The van der Waals surface area contributed by atoms with Crippen LogP contribution in [0.25, 0.3) is 22.3 Å². The number of benzene rings is 2. The van der Waals surface area contributed by atoms with Crippen molar-refractivity contribution < 1.29 is 28.2 Å². The number of halogens is 2. The first-order valence-electron chi connectivity index (χ1n) is 15.2. The van der Waals surface area contributed by atoms with E-state index in [1.165, 1.54) is 6.07 Å². The number of ether oxygens (including phenoxy) is 2. The molecular formula is C36H28F2N6O4. The van der Waals surface area contributed by atoms with Crippen LogP contribution in [0.2, 0.25) is 0 Å². The lowest BCUT2D eigenvalue weighted by Gasteiger charge is -2.27. The number of hydrogen-bond acceptors (Lipinski definition) is 7. The summed E-state index contributed by atoms with van der Waals surface area (Å²) in [5.41, 5.74) is 3.75. The first-order valence-corrected chi connectivity index (χ1v) is 15.2. The van der Waals surface area contributed by atoms with Crippen molar-refractivity contribution in [3.05, 3.63) is 125 Å². The highest BCUT2D eigenvalue weighted by molar-refractivity contribution is 5.92. The Morgan fingerprint density at radius 1 is 1.06 bits per heavy atom. The van der Waals surface area contributed by atoms with Crippen LogP contribution in [0.5, 0.6) is 5.88 Å². The molecule has 0 saturated carbocycles. The Bertz CT molecular complexity index is 2210. The summed E-state index contributed by atoms with van der Waals surface area (Å²) in [7, 11) is 1.82. The summed E-state index contributed by atoms with van der Waals surface area (Å²) in [5, 5.41) is 13.6. The second-order valence-electron chi connectivity index (χ2n) is 11.4. The highest BCUT2D eigenvalue weighted by Gasteiger charge is 2.23. The monoisotopic (exact) mass is 646 g/mol. The molecule has 2 aromatic carbocycles. The largest absolute Gasteiger partial charge is 0.478 e. The summed E-state index contributed by atoms with van der Waals surface area (Å²) >= 11 is 0. The minimum absolute atomic E-state index is 0.00864. The molecule has 1 aliphatic rings. The van der Waals surface area contributed by atoms with Crippen LogP contribution in [-0.2, 0) is 31.4 Å². The molecule has 1 atom stereocenters. The normalized spacial score (nSPS) is 13.9. The highest BCUT2D eigenvalue weighted by Crippen LogP contribution is 2.29. The molecule has 10 nitrogen and oxygen atoms in total. The third-order valence-corrected chi connectivity index (χ3v) is 7.99. The van der Waals surface area contributed by atoms with E-state index in [0.29, 0.717) is 35.7 Å². The maximum absolute atomic E-state index is 15.6. The molecule has 1 N–H and O–H groups in total. The minimum Gasteiger partial charge on any atom is -0.478 e. The summed E-state index contributed by atoms with van der Waals surface area (Å²) < 4.78 is 46.1. The first kappa shape index (κ1) is 30.7. The van der Waals surface area contributed by atoms with Gasteiger partial charge in [0.25, 0.3) is 0 Å². The number of carbonyl (C=O) groups is 1. The SMILES string of the molecule is Cn1cc(C#Cc2ccc(COc3cccc(-c4cc(F)c(Cc5nc6ccc(C(=O)O)cc6n5C[C@@H]5CCO5)cc4F)n3)cn2)cn1. The number of carboxylic acid groups (broad SMARTS) is 1. The van der Waals surface area contributed by atoms with Gasteiger partial charge in [0.1, 0.15) is 29.8 Å². The molecule has 240 valence electrons. The van der Waals surface area contributed by atoms with Crippen molar-refractivity contribution in [2.75, 3.05) is 6.61 Å². The van der Waals surface area contributed by atoms with Gasteiger partial charge >= 0.3 is 5.97 Å². The van der Waals surface area contributed by atoms with Crippen molar-refractivity contribution in [1.29, 1.82) is 0 Å². The first-order chi connectivity index (χ1) is 23.3. The number of hydrogen-bond donors (Lipinski definition) is 1. The molecule has 5 heterocycles. The Morgan fingerprint density at radius 3 is 2.67 bits per heavy atom. The van der Waals surface area contributed by atoms with E-state index in [1.54, 1.807) is 53.5 Å². The smallest absolute Gasteiger partial charge is 0.335 e. The van der Waals surface area contributed by atoms with Crippen LogP contribution < -0.4 is 4.74 Å². The zero-order valence-electron chi connectivity index (χ0n) is 25.7. The highest BCUT2D eigenvalue weighted by atomic mass is 19.1. The number of aryl methyl sites for hydroxylation is 1. The number of fused-ring (bicyclic) bond motifs is 1. The van der Waals surface area contributed by atoms with Gasteiger partial charge in [-0.15, -0.1) is 0 Å². The van der Waals surface area contributed by atoms with Crippen LogP contribution in [-0.4, -0.2) is 53.1 Å². The summed E-state index contributed by atoms with van der Waals surface area (Å²) in [5.74, 6) is 4.38. The molecule has 12 heteroatoms. The molecule has 4 aromatic heterocycles. The molecule has 1 fully saturated rings. The van der Waals surface area contributed by atoms with Gasteiger partial charge in [0.15, 0.2) is 0 Å². The average molecular weight is 647 g/mol. The quantitative estimate of drug-likeness (QED) is 0.203. The van der Waals surface area contributed by atoms with Gasteiger partial charge in [-0.05, 0) is 60.4 Å². The summed E-state index contributed by atoms with van der Waals surface area (Å²) in [6.45, 7) is 1.23. The number of carboxylic acids is 1. The van der Waals surface area contributed by atoms with Gasteiger partial charge in [0.05, 0.1) is 46.7 Å². The Balaban J connectivity index is 1.07. The number of imidazole rings is 1. The van der Waals surface area contributed by atoms with Gasteiger partial charge in [0.2, 0.25) is 5.88 Å². The standard InChI is InChI=1S/C36H28F2N6O4/c1-43-19-22(18-40-43)5-8-26-9-6-23(17-39-26)21-48-35-4-2-3-31(42-35)28-16-29(37)25(13-30(28)38)15-34-41-32-10-7-24(36(45)46)14-33(32)44(34)20-27-11-12-47-27/h2-4,6-7,9-10,13-14,16-19,27H,11-12,15,20-21H2,1H3,(H,45,46)/t27-/m0/s1. The van der Waals surface area contributed by atoms with E-state index in [-0.39, 0.29) is 47.4 Å². The van der Waals surface area contributed by atoms with Crippen LogP contribution in [0.1, 0.15) is 45.0 Å². The van der Waals surface area contributed by atoms with E-state index in [0.717, 1.165) is 29.7 Å². The van der Waals surface area contributed by atoms with Crippen molar-refractivity contribution in [1.82, 2.24) is 29.3 Å². The average Bonchev–Trinajstić information content (AvgIpc) is 3.64. The summed E-state index contributed by atoms with van der Waals surface area (Å²) in [6.07, 6.45) is 5.92. The fourth-order valence-corrected chi connectivity index (χ4v) is 5.37. The molecule has 0 unspecified atom stereocenters. The van der Waals surface area contributed by atoms with Crippen LogP contribution in [0.4, 0.5) is 8.78 Å². The molecule has 0 bridgehead atoms. The topological polar surface area (TPSA) is 117 Å². The number of aromatic nitrogens is 6. The van der Waals surface area contributed by atoms with Crippen LogP contribution in [0.3, 0.4) is 0 Å².